The molecule has 0 radical (unpaired) electrons. The van der Waals surface area contributed by atoms with E-state index in [1.165, 1.54) is 0 Å². The number of hydrogen-bond donors (Lipinski definition) is 2. The number of unbranched alkanes of at least 4 members (excludes halogenated alkanes) is 1. The summed E-state index contributed by atoms with van der Waals surface area (Å²) in [5.74, 6) is -0.163. The number of amides is 2. The molecule has 6 nitrogen and oxygen atoms in total. The minimum Gasteiger partial charge on any atom is -0.481 e. The number of carbonyl (C=O) groups excluding carboxylic acids is 2. The molecular formula is C18H28N2O4. The summed E-state index contributed by atoms with van der Waals surface area (Å²) in [4.78, 5) is 23.9. The highest BCUT2D eigenvalue weighted by molar-refractivity contribution is 5.86. The van der Waals surface area contributed by atoms with Crippen LogP contribution in [0.25, 0.3) is 0 Å². The van der Waals surface area contributed by atoms with Crippen LogP contribution in [0.15, 0.2) is 18.2 Å². The van der Waals surface area contributed by atoms with Crippen LogP contribution in [0.4, 0.5) is 0 Å². The van der Waals surface area contributed by atoms with Crippen LogP contribution in [0.2, 0.25) is 0 Å². The number of rotatable bonds is 8. The van der Waals surface area contributed by atoms with Gasteiger partial charge in [-0.2, -0.15) is 0 Å². The van der Waals surface area contributed by atoms with Gasteiger partial charge in [-0.05, 0) is 51.3 Å². The van der Waals surface area contributed by atoms with Gasteiger partial charge in [-0.15, -0.1) is 0 Å². The molecule has 6 heteroatoms. The lowest BCUT2D eigenvalue weighted by molar-refractivity contribution is -0.138. The second-order valence-electron chi connectivity index (χ2n) is 5.80. The van der Waals surface area contributed by atoms with Crippen molar-refractivity contribution in [1.82, 2.24) is 10.9 Å². The molecule has 0 unspecified atom stereocenters. The van der Waals surface area contributed by atoms with Crippen LogP contribution in [-0.2, 0) is 14.3 Å². The van der Waals surface area contributed by atoms with E-state index in [4.69, 9.17) is 9.47 Å². The van der Waals surface area contributed by atoms with Crippen molar-refractivity contribution in [1.29, 1.82) is 0 Å². The fourth-order valence-electron chi connectivity index (χ4n) is 1.90. The van der Waals surface area contributed by atoms with Crippen LogP contribution in [0.3, 0.4) is 0 Å². The molecule has 0 saturated carbocycles. The number of hydrazine groups is 1. The monoisotopic (exact) mass is 336 g/mol. The molecule has 1 rings (SSSR count). The summed E-state index contributed by atoms with van der Waals surface area (Å²) in [5.41, 5.74) is 6.80. The van der Waals surface area contributed by atoms with Gasteiger partial charge in [-0.25, -0.2) is 0 Å². The van der Waals surface area contributed by atoms with Crippen molar-refractivity contribution in [3.63, 3.8) is 0 Å². The number of carbonyl (C=O) groups is 2. The zero-order valence-corrected chi connectivity index (χ0v) is 15.1. The zero-order chi connectivity index (χ0) is 18.1. The van der Waals surface area contributed by atoms with Crippen LogP contribution in [0, 0.1) is 13.8 Å². The molecular weight excluding hydrogens is 308 g/mol. The Labute approximate surface area is 143 Å². The van der Waals surface area contributed by atoms with Crippen LogP contribution >= 0.6 is 0 Å². The Kier molecular flexibility index (Phi) is 8.26. The largest absolute Gasteiger partial charge is 0.481 e. The van der Waals surface area contributed by atoms with Crippen molar-refractivity contribution >= 4 is 11.8 Å². The summed E-state index contributed by atoms with van der Waals surface area (Å²) >= 11 is 0. The fourth-order valence-corrected chi connectivity index (χ4v) is 1.90. The van der Waals surface area contributed by atoms with Crippen molar-refractivity contribution in [3.8, 4) is 5.75 Å². The van der Waals surface area contributed by atoms with E-state index in [2.05, 4.69) is 10.9 Å². The predicted octanol–water partition coefficient (Wildman–Crippen LogP) is 2.42. The highest BCUT2D eigenvalue weighted by Crippen LogP contribution is 2.21. The molecule has 0 fully saturated rings. The Bertz CT molecular complexity index is 560. The van der Waals surface area contributed by atoms with Gasteiger partial charge in [0.15, 0.2) is 6.10 Å². The summed E-state index contributed by atoms with van der Waals surface area (Å²) in [6, 6.07) is 5.67. The van der Waals surface area contributed by atoms with Gasteiger partial charge in [0.2, 0.25) is 0 Å². The van der Waals surface area contributed by atoms with Gasteiger partial charge in [0.05, 0.1) is 0 Å². The molecule has 1 aromatic rings. The first-order valence-electron chi connectivity index (χ1n) is 8.31. The normalized spacial score (nSPS) is 13.0. The lowest BCUT2D eigenvalue weighted by atomic mass is 10.1. The Morgan fingerprint density at radius 1 is 1.08 bits per heavy atom. The quantitative estimate of drug-likeness (QED) is 0.565. The molecule has 134 valence electrons. The van der Waals surface area contributed by atoms with Gasteiger partial charge in [-0.1, -0.05) is 25.5 Å². The second kappa shape index (κ2) is 9.93. The predicted molar refractivity (Wildman–Crippen MR) is 92.6 cm³/mol. The van der Waals surface area contributed by atoms with Crippen molar-refractivity contribution in [2.45, 2.75) is 59.7 Å². The van der Waals surface area contributed by atoms with Gasteiger partial charge in [0.25, 0.3) is 11.8 Å². The highest BCUT2D eigenvalue weighted by atomic mass is 16.5. The van der Waals surface area contributed by atoms with E-state index in [0.29, 0.717) is 12.4 Å². The molecule has 2 N–H and O–H groups in total. The van der Waals surface area contributed by atoms with Gasteiger partial charge < -0.3 is 9.47 Å². The van der Waals surface area contributed by atoms with Gasteiger partial charge in [0.1, 0.15) is 11.9 Å². The molecule has 0 aliphatic rings. The van der Waals surface area contributed by atoms with Crippen LogP contribution in [0.5, 0.6) is 5.75 Å². The standard InChI is InChI=1S/C18H28N2O4/c1-6-7-11-23-14(4)17(21)19-20-18(22)15(5)24-16-10-8-9-12(2)13(16)3/h8-10,14-15H,6-7,11H2,1-5H3,(H,19,21)(H,20,22)/t14-,15+/m0/s1. The van der Waals surface area contributed by atoms with E-state index >= 15 is 0 Å². The molecule has 0 saturated heterocycles. The van der Waals surface area contributed by atoms with E-state index in [1.807, 2.05) is 39.0 Å². The Morgan fingerprint density at radius 2 is 1.71 bits per heavy atom. The van der Waals surface area contributed by atoms with Crippen LogP contribution in [0.1, 0.15) is 44.7 Å². The van der Waals surface area contributed by atoms with Gasteiger partial charge in [0, 0.05) is 6.61 Å². The first kappa shape index (κ1) is 20.0. The third-order valence-electron chi connectivity index (χ3n) is 3.77. The third kappa shape index (κ3) is 6.20. The SMILES string of the molecule is CCCCO[C@@H](C)C(=O)NNC(=O)[C@@H](C)Oc1cccc(C)c1C. The summed E-state index contributed by atoms with van der Waals surface area (Å²) in [6.07, 6.45) is 0.539. The van der Waals surface area contributed by atoms with Crippen LogP contribution < -0.4 is 15.6 Å². The number of ether oxygens (including phenoxy) is 2. The lowest BCUT2D eigenvalue weighted by Crippen LogP contribution is -2.50. The first-order valence-corrected chi connectivity index (χ1v) is 8.31. The maximum atomic E-state index is 12.0. The molecule has 2 atom stereocenters. The average Bonchev–Trinajstić information content (AvgIpc) is 2.56. The first-order chi connectivity index (χ1) is 11.4. The van der Waals surface area contributed by atoms with E-state index in [0.717, 1.165) is 24.0 Å². The van der Waals surface area contributed by atoms with E-state index in [-0.39, 0.29) is 0 Å². The topological polar surface area (TPSA) is 76.7 Å². The number of nitrogens with one attached hydrogen (secondary N) is 2. The molecule has 0 aromatic heterocycles. The molecule has 2 amide bonds. The maximum Gasteiger partial charge on any atom is 0.279 e. The smallest absolute Gasteiger partial charge is 0.279 e. The minimum absolute atomic E-state index is 0.390. The van der Waals surface area contributed by atoms with Crippen molar-refractivity contribution in [2.75, 3.05) is 6.61 Å². The summed E-state index contributed by atoms with van der Waals surface area (Å²) in [5, 5.41) is 0. The molecule has 0 spiro atoms. The molecule has 0 bridgehead atoms. The van der Waals surface area contributed by atoms with Gasteiger partial charge >= 0.3 is 0 Å². The maximum absolute atomic E-state index is 12.0. The number of benzene rings is 1. The summed E-state index contributed by atoms with van der Waals surface area (Å²) in [6.45, 7) is 9.76. The lowest BCUT2D eigenvalue weighted by Gasteiger charge is -2.18. The van der Waals surface area contributed by atoms with Crippen molar-refractivity contribution < 1.29 is 19.1 Å². The summed E-state index contributed by atoms with van der Waals surface area (Å²) in [7, 11) is 0. The van der Waals surface area contributed by atoms with Crippen molar-refractivity contribution in [3.05, 3.63) is 29.3 Å². The molecule has 24 heavy (non-hydrogen) atoms. The molecule has 0 aliphatic carbocycles. The number of aryl methyl sites for hydroxylation is 1. The van der Waals surface area contributed by atoms with E-state index in [9.17, 15) is 9.59 Å². The number of hydrogen-bond acceptors (Lipinski definition) is 4. The van der Waals surface area contributed by atoms with Crippen LogP contribution in [-0.4, -0.2) is 30.6 Å². The third-order valence-corrected chi connectivity index (χ3v) is 3.77. The Balaban J connectivity index is 2.44. The second-order valence-corrected chi connectivity index (χ2v) is 5.80. The Morgan fingerprint density at radius 3 is 2.33 bits per heavy atom. The fraction of sp³-hybridized carbons (Fsp3) is 0.556. The molecule has 0 heterocycles. The van der Waals surface area contributed by atoms with Crippen molar-refractivity contribution in [2.24, 2.45) is 0 Å². The van der Waals surface area contributed by atoms with E-state index < -0.39 is 24.0 Å². The minimum atomic E-state index is -0.734. The zero-order valence-electron chi connectivity index (χ0n) is 15.1. The summed E-state index contributed by atoms with van der Waals surface area (Å²) < 4.78 is 11.0. The highest BCUT2D eigenvalue weighted by Gasteiger charge is 2.18. The molecule has 0 aliphatic heterocycles. The average molecular weight is 336 g/mol. The Hall–Kier alpha value is -2.08. The van der Waals surface area contributed by atoms with E-state index in [1.54, 1.807) is 13.8 Å². The van der Waals surface area contributed by atoms with Gasteiger partial charge in [-0.3, -0.25) is 20.4 Å². The molecule has 1 aromatic carbocycles.